The van der Waals surface area contributed by atoms with Crippen molar-refractivity contribution in [1.29, 1.82) is 0 Å². The molecule has 1 rings (SSSR count). The zero-order valence-electron chi connectivity index (χ0n) is 10.2. The minimum absolute atomic E-state index is 0.196. The van der Waals surface area contributed by atoms with Crippen LogP contribution < -0.4 is 10.6 Å². The quantitative estimate of drug-likeness (QED) is 0.615. The summed E-state index contributed by atoms with van der Waals surface area (Å²) in [6.07, 6.45) is 0.211. The van der Waals surface area contributed by atoms with Crippen LogP contribution in [0.2, 0.25) is 5.02 Å². The third-order valence-electron chi connectivity index (χ3n) is 2.28. The van der Waals surface area contributed by atoms with Crippen LogP contribution in [0.25, 0.3) is 0 Å². The Morgan fingerprint density at radius 2 is 1.95 bits per heavy atom. The van der Waals surface area contributed by atoms with Crippen molar-refractivity contribution in [2.45, 2.75) is 29.7 Å². The van der Waals surface area contributed by atoms with E-state index in [9.17, 15) is 4.79 Å². The second kappa shape index (κ2) is 7.44. The average Bonchev–Trinajstić information content (AvgIpc) is 2.30. The van der Waals surface area contributed by atoms with E-state index in [0.29, 0.717) is 23.6 Å². The molecule has 0 aliphatic heterocycles. The minimum Gasteiger partial charge on any atom is -0.361 e. The summed E-state index contributed by atoms with van der Waals surface area (Å²) in [6.45, 7) is 1.89. The number of anilines is 1. The Hall–Kier alpha value is -0.350. The highest BCUT2D eigenvalue weighted by atomic mass is 35.6. The molecule has 1 atom stereocenters. The van der Waals surface area contributed by atoms with Gasteiger partial charge in [-0.2, -0.15) is 0 Å². The van der Waals surface area contributed by atoms with Gasteiger partial charge < -0.3 is 10.6 Å². The van der Waals surface area contributed by atoms with Gasteiger partial charge in [0.25, 0.3) is 0 Å². The van der Waals surface area contributed by atoms with Crippen molar-refractivity contribution in [3.8, 4) is 0 Å². The van der Waals surface area contributed by atoms with Crippen LogP contribution in [0.5, 0.6) is 0 Å². The summed E-state index contributed by atoms with van der Waals surface area (Å²) in [4.78, 5) is 11.6. The van der Waals surface area contributed by atoms with Crippen LogP contribution in [0.15, 0.2) is 24.3 Å². The summed E-state index contributed by atoms with van der Waals surface area (Å²) >= 11 is 23.6. The summed E-state index contributed by atoms with van der Waals surface area (Å²) in [7, 11) is 0. The number of carbonyl (C=O) groups is 1. The zero-order chi connectivity index (χ0) is 14.5. The SMILES string of the molecule is CCCC(=O)N[C@H](Nc1ccccc1Cl)C(Cl)(Cl)Cl. The molecule has 1 amide bonds. The van der Waals surface area contributed by atoms with Crippen molar-refractivity contribution in [3.63, 3.8) is 0 Å². The van der Waals surface area contributed by atoms with Gasteiger partial charge in [0.1, 0.15) is 6.17 Å². The molecule has 7 heteroatoms. The lowest BCUT2D eigenvalue weighted by Crippen LogP contribution is -2.49. The van der Waals surface area contributed by atoms with Crippen LogP contribution in [-0.4, -0.2) is 15.9 Å². The number of nitrogens with one attached hydrogen (secondary N) is 2. The fourth-order valence-electron chi connectivity index (χ4n) is 1.39. The van der Waals surface area contributed by atoms with Gasteiger partial charge in [0.05, 0.1) is 10.7 Å². The van der Waals surface area contributed by atoms with E-state index in [0.717, 1.165) is 0 Å². The van der Waals surface area contributed by atoms with Gasteiger partial charge in [-0.3, -0.25) is 4.79 Å². The summed E-state index contributed by atoms with van der Waals surface area (Å²) < 4.78 is -1.69. The van der Waals surface area contributed by atoms with Crippen LogP contribution in [0, 0.1) is 0 Å². The molecule has 106 valence electrons. The van der Waals surface area contributed by atoms with E-state index in [4.69, 9.17) is 46.4 Å². The third kappa shape index (κ3) is 5.65. The molecule has 1 aromatic rings. The van der Waals surface area contributed by atoms with Crippen molar-refractivity contribution in [1.82, 2.24) is 5.32 Å². The molecule has 0 spiro atoms. The van der Waals surface area contributed by atoms with Gasteiger partial charge in [0.15, 0.2) is 0 Å². The van der Waals surface area contributed by atoms with E-state index in [1.165, 1.54) is 0 Å². The lowest BCUT2D eigenvalue weighted by Gasteiger charge is -2.27. The number of amides is 1. The molecule has 0 saturated carbocycles. The third-order valence-corrected chi connectivity index (χ3v) is 3.27. The standard InChI is InChI=1S/C12H14Cl4N2O/c1-2-5-10(19)18-11(12(14,15)16)17-9-7-4-3-6-8(9)13/h3-4,6-7,11,17H,2,5H2,1H3,(H,18,19)/t11-/m0/s1. The molecular formula is C12H14Cl4N2O. The highest BCUT2D eigenvalue weighted by Crippen LogP contribution is 2.32. The summed E-state index contributed by atoms with van der Waals surface area (Å²) in [5, 5.41) is 6.02. The molecule has 3 nitrogen and oxygen atoms in total. The number of hydrogen-bond donors (Lipinski definition) is 2. The first-order chi connectivity index (χ1) is 8.84. The number of hydrogen-bond acceptors (Lipinski definition) is 2. The smallest absolute Gasteiger partial charge is 0.228 e. The molecular weight excluding hydrogens is 330 g/mol. The summed E-state index contributed by atoms with van der Waals surface area (Å²) in [6, 6.07) is 7.01. The molecule has 0 aliphatic carbocycles. The molecule has 1 aromatic carbocycles. The van der Waals surface area contributed by atoms with Gasteiger partial charge in [-0.15, -0.1) is 0 Å². The van der Waals surface area contributed by atoms with Crippen molar-refractivity contribution in [2.24, 2.45) is 0 Å². The highest BCUT2D eigenvalue weighted by Gasteiger charge is 2.34. The van der Waals surface area contributed by atoms with E-state index in [2.05, 4.69) is 10.6 Å². The Morgan fingerprint density at radius 3 is 2.47 bits per heavy atom. The highest BCUT2D eigenvalue weighted by molar-refractivity contribution is 6.68. The number of carbonyl (C=O) groups excluding carboxylic acids is 1. The molecule has 0 saturated heterocycles. The molecule has 19 heavy (non-hydrogen) atoms. The van der Waals surface area contributed by atoms with Gasteiger partial charge in [-0.1, -0.05) is 65.5 Å². The van der Waals surface area contributed by atoms with Crippen molar-refractivity contribution in [2.75, 3.05) is 5.32 Å². The fraction of sp³-hybridized carbons (Fsp3) is 0.417. The Morgan fingerprint density at radius 1 is 1.32 bits per heavy atom. The Bertz CT molecular complexity index is 434. The number of halogens is 4. The molecule has 0 radical (unpaired) electrons. The van der Waals surface area contributed by atoms with Crippen LogP contribution in [0.1, 0.15) is 19.8 Å². The van der Waals surface area contributed by atoms with Gasteiger partial charge in [-0.25, -0.2) is 0 Å². The van der Waals surface area contributed by atoms with E-state index >= 15 is 0 Å². The van der Waals surface area contributed by atoms with Crippen LogP contribution in [0.4, 0.5) is 5.69 Å². The molecule has 0 fully saturated rings. The topological polar surface area (TPSA) is 41.1 Å². The normalized spacial score (nSPS) is 12.9. The van der Waals surface area contributed by atoms with Crippen molar-refractivity contribution >= 4 is 58.0 Å². The van der Waals surface area contributed by atoms with Crippen LogP contribution in [-0.2, 0) is 4.79 Å². The van der Waals surface area contributed by atoms with Crippen LogP contribution in [0.3, 0.4) is 0 Å². The van der Waals surface area contributed by atoms with E-state index in [1.54, 1.807) is 24.3 Å². The number of para-hydroxylation sites is 1. The number of benzene rings is 1. The predicted molar refractivity (Wildman–Crippen MR) is 82.2 cm³/mol. The van der Waals surface area contributed by atoms with E-state index in [1.807, 2.05) is 6.92 Å². The second-order valence-electron chi connectivity index (χ2n) is 3.92. The maximum absolute atomic E-state index is 11.6. The largest absolute Gasteiger partial charge is 0.361 e. The van der Waals surface area contributed by atoms with E-state index in [-0.39, 0.29) is 5.91 Å². The summed E-state index contributed by atoms with van der Waals surface area (Å²) in [5.74, 6) is -0.196. The van der Waals surface area contributed by atoms with Crippen molar-refractivity contribution in [3.05, 3.63) is 29.3 Å². The minimum atomic E-state index is -1.69. The molecule has 2 N–H and O–H groups in total. The molecule has 0 aliphatic rings. The van der Waals surface area contributed by atoms with Crippen molar-refractivity contribution < 1.29 is 4.79 Å². The Kier molecular flexibility index (Phi) is 6.54. The van der Waals surface area contributed by atoms with Gasteiger partial charge in [0.2, 0.25) is 9.70 Å². The average molecular weight is 344 g/mol. The second-order valence-corrected chi connectivity index (χ2v) is 6.69. The molecule has 0 unspecified atom stereocenters. The lowest BCUT2D eigenvalue weighted by atomic mass is 10.3. The Labute approximate surface area is 132 Å². The number of rotatable bonds is 5. The number of alkyl halides is 3. The van der Waals surface area contributed by atoms with Gasteiger partial charge in [-0.05, 0) is 18.6 Å². The van der Waals surface area contributed by atoms with Crippen LogP contribution >= 0.6 is 46.4 Å². The first-order valence-electron chi connectivity index (χ1n) is 5.71. The first kappa shape index (κ1) is 16.7. The zero-order valence-corrected chi connectivity index (χ0v) is 13.2. The van der Waals surface area contributed by atoms with Gasteiger partial charge >= 0.3 is 0 Å². The maximum atomic E-state index is 11.6. The Balaban J connectivity index is 2.82. The van der Waals surface area contributed by atoms with E-state index < -0.39 is 9.96 Å². The van der Waals surface area contributed by atoms with Gasteiger partial charge in [0, 0.05) is 6.42 Å². The molecule has 0 aromatic heterocycles. The first-order valence-corrected chi connectivity index (χ1v) is 7.23. The monoisotopic (exact) mass is 342 g/mol. The summed E-state index contributed by atoms with van der Waals surface area (Å²) in [5.41, 5.74) is 0.581. The molecule has 0 bridgehead atoms. The fourth-order valence-corrected chi connectivity index (χ4v) is 1.91. The predicted octanol–water partition coefficient (Wildman–Crippen LogP) is 4.36. The molecule has 0 heterocycles. The maximum Gasteiger partial charge on any atom is 0.228 e. The lowest BCUT2D eigenvalue weighted by molar-refractivity contribution is -0.121.